The number of ether oxygens (including phenoxy) is 1. The summed E-state index contributed by atoms with van der Waals surface area (Å²) >= 11 is 0. The van der Waals surface area contributed by atoms with Crippen LogP contribution < -0.4 is 10.6 Å². The van der Waals surface area contributed by atoms with Gasteiger partial charge in [-0.15, -0.1) is 0 Å². The van der Waals surface area contributed by atoms with E-state index >= 15 is 0 Å². The van der Waals surface area contributed by atoms with Gasteiger partial charge in [0.05, 0.1) is 12.2 Å². The van der Waals surface area contributed by atoms with E-state index in [0.717, 1.165) is 30.6 Å². The molecule has 1 aromatic rings. The number of aromatic carboxylic acids is 1. The molecule has 0 saturated heterocycles. The van der Waals surface area contributed by atoms with Gasteiger partial charge in [-0.1, -0.05) is 13.8 Å². The molecule has 0 heterocycles. The number of aryl methyl sites for hydroxylation is 1. The molecule has 1 rings (SSSR count). The Bertz CT molecular complexity index is 485. The third-order valence-corrected chi connectivity index (χ3v) is 3.85. The zero-order valence-corrected chi connectivity index (χ0v) is 13.3. The van der Waals surface area contributed by atoms with Crippen LogP contribution in [-0.2, 0) is 4.74 Å². The van der Waals surface area contributed by atoms with E-state index in [4.69, 9.17) is 10.5 Å². The summed E-state index contributed by atoms with van der Waals surface area (Å²) in [7, 11) is 1.67. The van der Waals surface area contributed by atoms with Gasteiger partial charge < -0.3 is 20.5 Å². The first-order chi connectivity index (χ1) is 9.96. The van der Waals surface area contributed by atoms with Crippen LogP contribution in [0.5, 0.6) is 0 Å². The second kappa shape index (κ2) is 7.88. The molecule has 5 nitrogen and oxygen atoms in total. The number of methoxy groups -OCH3 is 1. The molecular formula is C16H26N2O3. The summed E-state index contributed by atoms with van der Waals surface area (Å²) in [6.45, 7) is 7.44. The lowest BCUT2D eigenvalue weighted by Crippen LogP contribution is -2.37. The Kier molecular flexibility index (Phi) is 6.49. The van der Waals surface area contributed by atoms with Gasteiger partial charge in [-0.3, -0.25) is 0 Å². The average Bonchev–Trinajstić information content (AvgIpc) is 2.46. The van der Waals surface area contributed by atoms with Crippen LogP contribution in [0.25, 0.3) is 0 Å². The fourth-order valence-electron chi connectivity index (χ4n) is 2.56. The third-order valence-electron chi connectivity index (χ3n) is 3.85. The van der Waals surface area contributed by atoms with Gasteiger partial charge in [0.25, 0.3) is 0 Å². The number of benzene rings is 1. The number of carbonyl (C=O) groups is 1. The summed E-state index contributed by atoms with van der Waals surface area (Å²) in [5, 5.41) is 9.30. The van der Waals surface area contributed by atoms with E-state index < -0.39 is 5.97 Å². The maximum atomic E-state index is 11.3. The van der Waals surface area contributed by atoms with Crippen LogP contribution in [0.15, 0.2) is 12.1 Å². The molecule has 0 unspecified atom stereocenters. The van der Waals surface area contributed by atoms with E-state index in [-0.39, 0.29) is 5.56 Å². The number of anilines is 2. The van der Waals surface area contributed by atoms with E-state index in [9.17, 15) is 9.90 Å². The first-order valence-corrected chi connectivity index (χ1v) is 7.35. The Morgan fingerprint density at radius 1 is 1.38 bits per heavy atom. The molecule has 5 heteroatoms. The van der Waals surface area contributed by atoms with Crippen molar-refractivity contribution in [1.29, 1.82) is 0 Å². The Morgan fingerprint density at radius 3 is 2.48 bits per heavy atom. The van der Waals surface area contributed by atoms with Crippen molar-refractivity contribution in [3.05, 3.63) is 23.3 Å². The maximum Gasteiger partial charge on any atom is 0.337 e. The third kappa shape index (κ3) is 4.11. The number of hydrogen-bond donors (Lipinski definition) is 2. The van der Waals surface area contributed by atoms with Gasteiger partial charge in [0, 0.05) is 31.1 Å². The van der Waals surface area contributed by atoms with E-state index in [0.29, 0.717) is 18.3 Å². The molecule has 0 aliphatic heterocycles. The average molecular weight is 294 g/mol. The highest BCUT2D eigenvalue weighted by molar-refractivity contribution is 5.95. The zero-order valence-electron chi connectivity index (χ0n) is 13.3. The Hall–Kier alpha value is -1.75. The summed E-state index contributed by atoms with van der Waals surface area (Å²) in [6.07, 6.45) is 1.98. The molecule has 0 amide bonds. The minimum atomic E-state index is -0.992. The van der Waals surface area contributed by atoms with Gasteiger partial charge in [-0.25, -0.2) is 4.79 Å². The molecule has 0 spiro atoms. The maximum absolute atomic E-state index is 11.3. The lowest BCUT2D eigenvalue weighted by Gasteiger charge is -2.33. The number of nitrogen functional groups attached to an aromatic ring is 1. The molecule has 0 aromatic heterocycles. The summed E-state index contributed by atoms with van der Waals surface area (Å²) in [5.74, 6) is -0.992. The monoisotopic (exact) mass is 294 g/mol. The number of rotatable bonds is 8. The van der Waals surface area contributed by atoms with Crippen LogP contribution in [0.2, 0.25) is 0 Å². The SMILES string of the molecule is CCC(CC)N(CCOC)c1cc(C)c(N)c(C(=O)O)c1. The number of nitrogens with two attached hydrogens (primary N) is 1. The predicted molar refractivity (Wildman–Crippen MR) is 86.1 cm³/mol. The number of nitrogens with zero attached hydrogens (tertiary/aromatic N) is 1. The van der Waals surface area contributed by atoms with Crippen molar-refractivity contribution < 1.29 is 14.6 Å². The van der Waals surface area contributed by atoms with Crippen LogP contribution in [-0.4, -0.2) is 37.4 Å². The second-order valence-corrected chi connectivity index (χ2v) is 5.19. The summed E-state index contributed by atoms with van der Waals surface area (Å²) in [5.41, 5.74) is 8.05. The molecule has 0 aliphatic rings. The largest absolute Gasteiger partial charge is 0.478 e. The summed E-state index contributed by atoms with van der Waals surface area (Å²) in [4.78, 5) is 13.6. The van der Waals surface area contributed by atoms with Crippen molar-refractivity contribution in [3.63, 3.8) is 0 Å². The number of carboxylic acids is 1. The van der Waals surface area contributed by atoms with Gasteiger partial charge in [0.1, 0.15) is 0 Å². The van der Waals surface area contributed by atoms with Crippen LogP contribution in [0.3, 0.4) is 0 Å². The van der Waals surface area contributed by atoms with E-state index in [1.807, 2.05) is 13.0 Å². The fraction of sp³-hybridized carbons (Fsp3) is 0.562. The molecular weight excluding hydrogens is 268 g/mol. The lowest BCUT2D eigenvalue weighted by atomic mass is 10.0. The standard InChI is InChI=1S/C16H26N2O3/c1-5-12(6-2)18(7-8-21-4)13-9-11(3)15(17)14(10-13)16(19)20/h9-10,12H,5-8,17H2,1-4H3,(H,19,20). The van der Waals surface area contributed by atoms with Crippen LogP contribution in [0.1, 0.15) is 42.6 Å². The highest BCUT2D eigenvalue weighted by atomic mass is 16.5. The molecule has 0 radical (unpaired) electrons. The fourth-order valence-corrected chi connectivity index (χ4v) is 2.56. The van der Waals surface area contributed by atoms with Crippen molar-refractivity contribution in [3.8, 4) is 0 Å². The van der Waals surface area contributed by atoms with Crippen LogP contribution >= 0.6 is 0 Å². The topological polar surface area (TPSA) is 75.8 Å². The van der Waals surface area contributed by atoms with Gasteiger partial charge in [-0.05, 0) is 37.5 Å². The molecule has 1 aromatic carbocycles. The highest BCUT2D eigenvalue weighted by Gasteiger charge is 2.19. The molecule has 21 heavy (non-hydrogen) atoms. The minimum Gasteiger partial charge on any atom is -0.478 e. The molecule has 0 saturated carbocycles. The lowest BCUT2D eigenvalue weighted by molar-refractivity contribution is 0.0698. The van der Waals surface area contributed by atoms with E-state index in [2.05, 4.69) is 18.7 Å². The first kappa shape index (κ1) is 17.3. The Morgan fingerprint density at radius 2 is 2.00 bits per heavy atom. The Labute approximate surface area is 126 Å². The zero-order chi connectivity index (χ0) is 16.0. The van der Waals surface area contributed by atoms with Gasteiger partial charge in [0.2, 0.25) is 0 Å². The van der Waals surface area contributed by atoms with Crippen molar-refractivity contribution in [2.45, 2.75) is 39.7 Å². The molecule has 0 atom stereocenters. The number of carboxylic acid groups (broad SMARTS) is 1. The minimum absolute atomic E-state index is 0.165. The van der Waals surface area contributed by atoms with Crippen molar-refractivity contribution in [2.75, 3.05) is 30.9 Å². The van der Waals surface area contributed by atoms with Crippen molar-refractivity contribution >= 4 is 17.3 Å². The van der Waals surface area contributed by atoms with Gasteiger partial charge in [0.15, 0.2) is 0 Å². The smallest absolute Gasteiger partial charge is 0.337 e. The summed E-state index contributed by atoms with van der Waals surface area (Å²) < 4.78 is 5.18. The molecule has 0 bridgehead atoms. The highest BCUT2D eigenvalue weighted by Crippen LogP contribution is 2.28. The van der Waals surface area contributed by atoms with E-state index in [1.165, 1.54) is 0 Å². The van der Waals surface area contributed by atoms with E-state index in [1.54, 1.807) is 13.2 Å². The molecule has 0 aliphatic carbocycles. The second-order valence-electron chi connectivity index (χ2n) is 5.19. The molecule has 0 fully saturated rings. The molecule has 3 N–H and O–H groups in total. The van der Waals surface area contributed by atoms with Gasteiger partial charge >= 0.3 is 5.97 Å². The normalized spacial score (nSPS) is 10.9. The quantitative estimate of drug-likeness (QED) is 0.721. The van der Waals surface area contributed by atoms with Crippen molar-refractivity contribution in [1.82, 2.24) is 0 Å². The van der Waals surface area contributed by atoms with Crippen LogP contribution in [0.4, 0.5) is 11.4 Å². The van der Waals surface area contributed by atoms with Crippen LogP contribution in [0, 0.1) is 6.92 Å². The number of hydrogen-bond acceptors (Lipinski definition) is 4. The van der Waals surface area contributed by atoms with Crippen molar-refractivity contribution in [2.24, 2.45) is 0 Å². The molecule has 118 valence electrons. The first-order valence-electron chi connectivity index (χ1n) is 7.35. The summed E-state index contributed by atoms with van der Waals surface area (Å²) in [6, 6.07) is 3.97. The Balaban J connectivity index is 3.26. The predicted octanol–water partition coefficient (Wildman–Crippen LogP) is 2.92. The van der Waals surface area contributed by atoms with Gasteiger partial charge in [-0.2, -0.15) is 0 Å².